The smallest absolute Gasteiger partial charge is 0.268 e. The summed E-state index contributed by atoms with van der Waals surface area (Å²) in [5.41, 5.74) is 0.259. The van der Waals surface area contributed by atoms with E-state index in [0.717, 1.165) is 6.42 Å². The van der Waals surface area contributed by atoms with Crippen molar-refractivity contribution in [2.24, 2.45) is 13.0 Å². The molecule has 0 bridgehead atoms. The lowest BCUT2D eigenvalue weighted by atomic mass is 10.0. The molecule has 1 saturated heterocycles. The number of aryl methyl sites for hydroxylation is 1. The number of halogens is 1. The molecule has 0 spiro atoms. The lowest BCUT2D eigenvalue weighted by Crippen LogP contribution is -2.39. The van der Waals surface area contributed by atoms with E-state index in [1.54, 1.807) is 7.05 Å². The summed E-state index contributed by atoms with van der Waals surface area (Å²) in [6.45, 7) is 3.26. The highest BCUT2D eigenvalue weighted by Gasteiger charge is 2.25. The third-order valence-electron chi connectivity index (χ3n) is 3.52. The molecule has 1 fully saturated rings. The zero-order valence-corrected chi connectivity index (χ0v) is 12.9. The lowest BCUT2D eigenvalue weighted by Gasteiger charge is -2.19. The van der Waals surface area contributed by atoms with Gasteiger partial charge in [0.1, 0.15) is 10.6 Å². The minimum Gasteiger partial charge on any atom is -0.381 e. The predicted octanol–water partition coefficient (Wildman–Crippen LogP) is 1.11. The number of nitrogens with zero attached hydrogens (tertiary/aromatic N) is 1. The molecule has 2 atom stereocenters. The number of nitrogens with one attached hydrogen (secondary N) is 1. The summed E-state index contributed by atoms with van der Waals surface area (Å²) in [6.07, 6.45) is 2.23. The van der Waals surface area contributed by atoms with Crippen LogP contribution in [0, 0.1) is 5.92 Å². The van der Waals surface area contributed by atoms with Gasteiger partial charge in [0.15, 0.2) is 0 Å². The molecule has 8 heteroatoms. The van der Waals surface area contributed by atoms with Gasteiger partial charge < -0.3 is 14.6 Å². The van der Waals surface area contributed by atoms with Gasteiger partial charge in [-0.3, -0.25) is 4.79 Å². The first-order valence-electron chi connectivity index (χ1n) is 6.28. The van der Waals surface area contributed by atoms with Crippen molar-refractivity contribution in [1.82, 2.24) is 9.88 Å². The van der Waals surface area contributed by atoms with E-state index in [9.17, 15) is 13.2 Å². The van der Waals surface area contributed by atoms with Crippen LogP contribution in [0.3, 0.4) is 0 Å². The van der Waals surface area contributed by atoms with E-state index in [1.165, 1.54) is 16.8 Å². The maximum absolute atomic E-state index is 12.2. The molecular formula is C12H17ClN2O4S. The molecule has 2 rings (SSSR count). The Kier molecular flexibility index (Phi) is 4.41. The summed E-state index contributed by atoms with van der Waals surface area (Å²) in [7, 11) is 3.04. The van der Waals surface area contributed by atoms with Gasteiger partial charge in [0, 0.05) is 42.5 Å². The first-order chi connectivity index (χ1) is 9.29. The molecule has 1 amide bonds. The van der Waals surface area contributed by atoms with Crippen molar-refractivity contribution in [3.05, 3.63) is 18.0 Å². The number of amides is 1. The topological polar surface area (TPSA) is 77.4 Å². The molecule has 20 heavy (non-hydrogen) atoms. The van der Waals surface area contributed by atoms with Crippen LogP contribution < -0.4 is 5.32 Å². The monoisotopic (exact) mass is 320 g/mol. The van der Waals surface area contributed by atoms with Gasteiger partial charge in [-0.1, -0.05) is 0 Å². The van der Waals surface area contributed by atoms with Crippen molar-refractivity contribution in [3.8, 4) is 0 Å². The van der Waals surface area contributed by atoms with Crippen LogP contribution >= 0.6 is 10.7 Å². The molecule has 0 aliphatic carbocycles. The van der Waals surface area contributed by atoms with Crippen LogP contribution in [0.5, 0.6) is 0 Å². The van der Waals surface area contributed by atoms with Crippen molar-refractivity contribution in [3.63, 3.8) is 0 Å². The fraction of sp³-hybridized carbons (Fsp3) is 0.583. The second-order valence-electron chi connectivity index (χ2n) is 5.00. The maximum Gasteiger partial charge on any atom is 0.268 e. The van der Waals surface area contributed by atoms with Gasteiger partial charge >= 0.3 is 0 Å². The normalized spacial score (nSPS) is 20.9. The molecule has 112 valence electrons. The van der Waals surface area contributed by atoms with Crippen molar-refractivity contribution < 1.29 is 17.9 Å². The van der Waals surface area contributed by atoms with Crippen molar-refractivity contribution in [1.29, 1.82) is 0 Å². The highest BCUT2D eigenvalue weighted by Crippen LogP contribution is 2.19. The number of rotatable bonds is 4. The number of carbonyl (C=O) groups is 1. The van der Waals surface area contributed by atoms with Crippen LogP contribution in [0.25, 0.3) is 0 Å². The Labute approximate surface area is 122 Å². The van der Waals surface area contributed by atoms with Crippen LogP contribution in [0.2, 0.25) is 0 Å². The van der Waals surface area contributed by atoms with E-state index in [1.807, 2.05) is 6.92 Å². The standard InChI is InChI=1S/C12H17ClN2O4S/c1-8(9-3-4-19-7-9)14-12(16)11-5-10(6-15(11)2)20(13,17)18/h5-6,8-9H,3-4,7H2,1-2H3,(H,14,16). The van der Waals surface area contributed by atoms with Gasteiger partial charge in [0.05, 0.1) is 6.61 Å². The predicted molar refractivity (Wildman–Crippen MR) is 74.3 cm³/mol. The third-order valence-corrected chi connectivity index (χ3v) is 4.85. The van der Waals surface area contributed by atoms with Gasteiger partial charge in [-0.15, -0.1) is 0 Å². The highest BCUT2D eigenvalue weighted by molar-refractivity contribution is 8.13. The van der Waals surface area contributed by atoms with Gasteiger partial charge in [0.25, 0.3) is 15.0 Å². The Morgan fingerprint density at radius 1 is 1.60 bits per heavy atom. The largest absolute Gasteiger partial charge is 0.381 e. The van der Waals surface area contributed by atoms with Crippen LogP contribution in [-0.4, -0.2) is 38.1 Å². The number of ether oxygens (including phenoxy) is 1. The molecule has 1 aromatic heterocycles. The number of hydrogen-bond acceptors (Lipinski definition) is 4. The zero-order chi connectivity index (χ0) is 14.9. The average molecular weight is 321 g/mol. The summed E-state index contributed by atoms with van der Waals surface area (Å²) in [5, 5.41) is 2.87. The molecule has 1 aliphatic heterocycles. The number of hydrogen-bond donors (Lipinski definition) is 1. The Morgan fingerprint density at radius 3 is 2.80 bits per heavy atom. The first-order valence-corrected chi connectivity index (χ1v) is 8.59. The molecule has 0 aromatic carbocycles. The Morgan fingerprint density at radius 2 is 2.30 bits per heavy atom. The summed E-state index contributed by atoms with van der Waals surface area (Å²) in [6, 6.07) is 1.24. The van der Waals surface area contributed by atoms with Crippen LogP contribution in [0.15, 0.2) is 17.2 Å². The minimum absolute atomic E-state index is 0.0315. The summed E-state index contributed by atoms with van der Waals surface area (Å²) in [5.74, 6) is -0.0334. The Bertz CT molecular complexity index is 605. The fourth-order valence-corrected chi connectivity index (χ4v) is 3.03. The van der Waals surface area contributed by atoms with E-state index in [0.29, 0.717) is 13.2 Å². The zero-order valence-electron chi connectivity index (χ0n) is 11.3. The molecule has 2 unspecified atom stereocenters. The molecule has 1 aliphatic rings. The van der Waals surface area contributed by atoms with E-state index < -0.39 is 9.05 Å². The van der Waals surface area contributed by atoms with E-state index in [4.69, 9.17) is 15.4 Å². The average Bonchev–Trinajstić information content (AvgIpc) is 2.95. The van der Waals surface area contributed by atoms with Gasteiger partial charge in [0.2, 0.25) is 0 Å². The summed E-state index contributed by atoms with van der Waals surface area (Å²) < 4.78 is 29.2. The Hall–Kier alpha value is -1.05. The summed E-state index contributed by atoms with van der Waals surface area (Å²) >= 11 is 0. The molecule has 2 heterocycles. The van der Waals surface area contributed by atoms with Gasteiger partial charge in [-0.25, -0.2) is 8.42 Å². The quantitative estimate of drug-likeness (QED) is 0.843. The highest BCUT2D eigenvalue weighted by atomic mass is 35.7. The molecule has 0 saturated carbocycles. The van der Waals surface area contributed by atoms with Crippen LogP contribution in [0.1, 0.15) is 23.8 Å². The van der Waals surface area contributed by atoms with E-state index >= 15 is 0 Å². The molecule has 0 radical (unpaired) electrons. The van der Waals surface area contributed by atoms with Crippen LogP contribution in [-0.2, 0) is 20.8 Å². The number of aromatic nitrogens is 1. The maximum atomic E-state index is 12.2. The SMILES string of the molecule is CC(NC(=O)c1cc(S(=O)(=O)Cl)cn1C)C1CCOC1. The first kappa shape index (κ1) is 15.3. The van der Waals surface area contributed by atoms with Crippen molar-refractivity contribution in [2.45, 2.75) is 24.3 Å². The lowest BCUT2D eigenvalue weighted by molar-refractivity contribution is 0.0914. The van der Waals surface area contributed by atoms with Crippen LogP contribution in [0.4, 0.5) is 0 Å². The Balaban J connectivity index is 2.11. The minimum atomic E-state index is -3.83. The second kappa shape index (κ2) is 5.75. The van der Waals surface area contributed by atoms with Gasteiger partial charge in [-0.05, 0) is 19.4 Å². The van der Waals surface area contributed by atoms with Crippen molar-refractivity contribution in [2.75, 3.05) is 13.2 Å². The number of carbonyl (C=O) groups excluding carboxylic acids is 1. The van der Waals surface area contributed by atoms with Gasteiger partial charge in [-0.2, -0.15) is 0 Å². The molecule has 1 aromatic rings. The molecular weight excluding hydrogens is 304 g/mol. The molecule has 6 nitrogen and oxygen atoms in total. The van der Waals surface area contributed by atoms with Crippen molar-refractivity contribution >= 4 is 25.6 Å². The fourth-order valence-electron chi connectivity index (χ4n) is 2.24. The molecule has 1 N–H and O–H groups in total. The van der Waals surface area contributed by atoms with E-state index in [2.05, 4.69) is 5.32 Å². The third kappa shape index (κ3) is 3.34. The van der Waals surface area contributed by atoms with E-state index in [-0.39, 0.29) is 28.5 Å². The summed E-state index contributed by atoms with van der Waals surface area (Å²) in [4.78, 5) is 12.1. The second-order valence-corrected chi connectivity index (χ2v) is 7.56.